The minimum Gasteiger partial charge on any atom is -0.397 e. The number of unbranched alkanes of at least 4 members (excludes halogenated alkanes) is 3. The molecule has 0 heterocycles. The summed E-state index contributed by atoms with van der Waals surface area (Å²) in [6.07, 6.45) is 4.63. The zero-order valence-electron chi connectivity index (χ0n) is 12.2. The van der Waals surface area contributed by atoms with Crippen molar-refractivity contribution in [1.29, 1.82) is 0 Å². The van der Waals surface area contributed by atoms with Crippen LogP contribution in [0.1, 0.15) is 43.0 Å². The maximum absolute atomic E-state index is 11.9. The number of hydrogen-bond donors (Lipinski definition) is 2. The lowest BCUT2D eigenvalue weighted by Crippen LogP contribution is -2.24. The van der Waals surface area contributed by atoms with E-state index in [2.05, 4.69) is 12.2 Å². The maximum atomic E-state index is 11.9. The van der Waals surface area contributed by atoms with E-state index in [1.165, 1.54) is 19.3 Å². The van der Waals surface area contributed by atoms with E-state index in [1.807, 2.05) is 31.1 Å². The molecule has 0 fully saturated rings. The molecule has 1 aromatic carbocycles. The van der Waals surface area contributed by atoms with Gasteiger partial charge in [0.25, 0.3) is 5.91 Å². The molecule has 0 aliphatic rings. The molecule has 0 aliphatic carbocycles. The molecule has 0 atom stereocenters. The number of hydrogen-bond acceptors (Lipinski definition) is 3. The third kappa shape index (κ3) is 4.81. The summed E-state index contributed by atoms with van der Waals surface area (Å²) in [5.74, 6) is -0.0477. The molecule has 106 valence electrons. The topological polar surface area (TPSA) is 58.4 Å². The van der Waals surface area contributed by atoms with Crippen molar-refractivity contribution in [3.8, 4) is 0 Å². The number of amides is 1. The van der Waals surface area contributed by atoms with Crippen LogP contribution in [0.3, 0.4) is 0 Å². The lowest BCUT2D eigenvalue weighted by Gasteiger charge is -2.15. The van der Waals surface area contributed by atoms with Gasteiger partial charge in [-0.2, -0.15) is 0 Å². The van der Waals surface area contributed by atoms with Crippen LogP contribution in [0.5, 0.6) is 0 Å². The summed E-state index contributed by atoms with van der Waals surface area (Å²) in [4.78, 5) is 13.9. The highest BCUT2D eigenvalue weighted by Gasteiger charge is 2.08. The van der Waals surface area contributed by atoms with Crippen LogP contribution in [-0.2, 0) is 0 Å². The SMILES string of the molecule is CCCCCCNC(=O)c1ccc(N(C)C)c(N)c1. The summed E-state index contributed by atoms with van der Waals surface area (Å²) >= 11 is 0. The van der Waals surface area contributed by atoms with E-state index < -0.39 is 0 Å². The fraction of sp³-hybridized carbons (Fsp3) is 0.533. The van der Waals surface area contributed by atoms with Crippen LogP contribution in [0.25, 0.3) is 0 Å². The number of carbonyl (C=O) groups excluding carboxylic acids is 1. The molecule has 0 aromatic heterocycles. The van der Waals surface area contributed by atoms with Gasteiger partial charge in [0, 0.05) is 26.2 Å². The van der Waals surface area contributed by atoms with Crippen LogP contribution >= 0.6 is 0 Å². The summed E-state index contributed by atoms with van der Waals surface area (Å²) in [5.41, 5.74) is 8.11. The Bertz CT molecular complexity index is 416. The molecule has 0 saturated heterocycles. The van der Waals surface area contributed by atoms with Crippen LogP contribution in [-0.4, -0.2) is 26.5 Å². The molecule has 0 spiro atoms. The first kappa shape index (κ1) is 15.3. The predicted molar refractivity (Wildman–Crippen MR) is 81.7 cm³/mol. The van der Waals surface area contributed by atoms with Gasteiger partial charge in [0.05, 0.1) is 11.4 Å². The summed E-state index contributed by atoms with van der Waals surface area (Å²) in [6.45, 7) is 2.90. The average Bonchev–Trinajstić information content (AvgIpc) is 2.37. The van der Waals surface area contributed by atoms with Crippen molar-refractivity contribution in [2.75, 3.05) is 31.3 Å². The lowest BCUT2D eigenvalue weighted by molar-refractivity contribution is 0.0953. The Kier molecular flexibility index (Phi) is 6.19. The van der Waals surface area contributed by atoms with Gasteiger partial charge in [0.1, 0.15) is 0 Å². The van der Waals surface area contributed by atoms with E-state index in [-0.39, 0.29) is 5.91 Å². The van der Waals surface area contributed by atoms with Crippen molar-refractivity contribution in [1.82, 2.24) is 5.32 Å². The molecule has 4 heteroatoms. The van der Waals surface area contributed by atoms with Crippen molar-refractivity contribution in [2.45, 2.75) is 32.6 Å². The van der Waals surface area contributed by atoms with Crippen LogP contribution < -0.4 is 16.0 Å². The second-order valence-corrected chi connectivity index (χ2v) is 4.98. The molecule has 0 aliphatic heterocycles. The minimum atomic E-state index is -0.0477. The van der Waals surface area contributed by atoms with E-state index in [9.17, 15) is 4.79 Å². The van der Waals surface area contributed by atoms with E-state index in [1.54, 1.807) is 6.07 Å². The van der Waals surface area contributed by atoms with Gasteiger partial charge in [-0.3, -0.25) is 4.79 Å². The van der Waals surface area contributed by atoms with Crippen molar-refractivity contribution in [2.24, 2.45) is 0 Å². The lowest BCUT2D eigenvalue weighted by atomic mass is 10.1. The number of nitrogens with zero attached hydrogens (tertiary/aromatic N) is 1. The van der Waals surface area contributed by atoms with Gasteiger partial charge in [-0.15, -0.1) is 0 Å². The summed E-state index contributed by atoms with van der Waals surface area (Å²) in [6, 6.07) is 5.42. The molecular formula is C15H25N3O. The average molecular weight is 263 g/mol. The highest BCUT2D eigenvalue weighted by molar-refractivity contribution is 5.96. The zero-order chi connectivity index (χ0) is 14.3. The summed E-state index contributed by atoms with van der Waals surface area (Å²) < 4.78 is 0. The normalized spacial score (nSPS) is 10.3. The monoisotopic (exact) mass is 263 g/mol. The van der Waals surface area contributed by atoms with Crippen molar-refractivity contribution in [3.05, 3.63) is 23.8 Å². The number of nitrogens with two attached hydrogens (primary N) is 1. The Labute approximate surface area is 116 Å². The Morgan fingerprint density at radius 2 is 2.00 bits per heavy atom. The second kappa shape index (κ2) is 7.67. The predicted octanol–water partition coefficient (Wildman–Crippen LogP) is 2.64. The molecule has 0 unspecified atom stereocenters. The second-order valence-electron chi connectivity index (χ2n) is 4.98. The van der Waals surface area contributed by atoms with Gasteiger partial charge in [-0.05, 0) is 24.6 Å². The van der Waals surface area contributed by atoms with Gasteiger partial charge < -0.3 is 16.0 Å². The number of carbonyl (C=O) groups is 1. The molecule has 3 N–H and O–H groups in total. The number of benzene rings is 1. The molecule has 0 saturated carbocycles. The molecule has 1 rings (SSSR count). The van der Waals surface area contributed by atoms with Gasteiger partial charge >= 0.3 is 0 Å². The first-order chi connectivity index (χ1) is 9.06. The Morgan fingerprint density at radius 3 is 2.58 bits per heavy atom. The Balaban J connectivity index is 2.51. The van der Waals surface area contributed by atoms with Gasteiger partial charge in [0.15, 0.2) is 0 Å². The van der Waals surface area contributed by atoms with E-state index in [0.29, 0.717) is 11.3 Å². The Morgan fingerprint density at radius 1 is 1.26 bits per heavy atom. The van der Waals surface area contributed by atoms with Crippen LogP contribution in [0.4, 0.5) is 11.4 Å². The smallest absolute Gasteiger partial charge is 0.251 e. The quantitative estimate of drug-likeness (QED) is 0.587. The highest BCUT2D eigenvalue weighted by atomic mass is 16.1. The van der Waals surface area contributed by atoms with E-state index in [4.69, 9.17) is 5.73 Å². The van der Waals surface area contributed by atoms with E-state index in [0.717, 1.165) is 18.7 Å². The molecule has 0 bridgehead atoms. The molecule has 1 aromatic rings. The van der Waals surface area contributed by atoms with Crippen LogP contribution in [0, 0.1) is 0 Å². The van der Waals surface area contributed by atoms with Gasteiger partial charge in [-0.1, -0.05) is 26.2 Å². The van der Waals surface area contributed by atoms with E-state index >= 15 is 0 Å². The number of nitrogens with one attached hydrogen (secondary N) is 1. The molecule has 0 radical (unpaired) electrons. The highest BCUT2D eigenvalue weighted by Crippen LogP contribution is 2.22. The summed E-state index contributed by atoms with van der Waals surface area (Å²) in [5, 5.41) is 2.93. The zero-order valence-corrected chi connectivity index (χ0v) is 12.2. The molecular weight excluding hydrogens is 238 g/mol. The fourth-order valence-electron chi connectivity index (χ4n) is 1.96. The standard InChI is InChI=1S/C15H25N3O/c1-4-5-6-7-10-17-15(19)12-8-9-14(18(2)3)13(16)11-12/h8-9,11H,4-7,10,16H2,1-3H3,(H,17,19). The molecule has 19 heavy (non-hydrogen) atoms. The Hall–Kier alpha value is -1.71. The number of rotatable bonds is 7. The molecule has 1 amide bonds. The van der Waals surface area contributed by atoms with Gasteiger partial charge in [0.2, 0.25) is 0 Å². The van der Waals surface area contributed by atoms with Crippen molar-refractivity contribution < 1.29 is 4.79 Å². The fourth-order valence-corrected chi connectivity index (χ4v) is 1.96. The summed E-state index contributed by atoms with van der Waals surface area (Å²) in [7, 11) is 3.86. The van der Waals surface area contributed by atoms with Crippen molar-refractivity contribution in [3.63, 3.8) is 0 Å². The number of nitrogen functional groups attached to an aromatic ring is 1. The maximum Gasteiger partial charge on any atom is 0.251 e. The first-order valence-corrected chi connectivity index (χ1v) is 6.91. The largest absolute Gasteiger partial charge is 0.397 e. The molecule has 4 nitrogen and oxygen atoms in total. The third-order valence-electron chi connectivity index (χ3n) is 3.09. The van der Waals surface area contributed by atoms with Crippen molar-refractivity contribution >= 4 is 17.3 Å². The number of anilines is 2. The minimum absolute atomic E-state index is 0.0477. The van der Waals surface area contributed by atoms with Crippen LogP contribution in [0.2, 0.25) is 0 Å². The van der Waals surface area contributed by atoms with Gasteiger partial charge in [-0.25, -0.2) is 0 Å². The first-order valence-electron chi connectivity index (χ1n) is 6.91. The van der Waals surface area contributed by atoms with Crippen LogP contribution in [0.15, 0.2) is 18.2 Å². The third-order valence-corrected chi connectivity index (χ3v) is 3.09.